The maximum absolute atomic E-state index is 7.26. The predicted octanol–water partition coefficient (Wildman–Crippen LogP) is 17.4. The fraction of sp³-hybridized carbons (Fsp3) is 0. The molecule has 0 radical (unpaired) electrons. The van der Waals surface area contributed by atoms with Gasteiger partial charge in [-0.15, -0.1) is 10.0 Å². The highest BCUT2D eigenvalue weighted by Gasteiger charge is 2.33. The first-order valence-corrected chi connectivity index (χ1v) is 23.0. The van der Waals surface area contributed by atoms with E-state index in [2.05, 4.69) is 266 Å². The van der Waals surface area contributed by atoms with Crippen LogP contribution in [-0.2, 0) is 0 Å². The maximum Gasteiger partial charge on any atom is 0.160 e. The average molecular weight is 826 g/mol. The first-order valence-electron chi connectivity index (χ1n) is 21.4. The molecule has 10 aromatic carbocycles. The summed E-state index contributed by atoms with van der Waals surface area (Å²) in [5, 5.41) is 2.18. The third-order valence-electron chi connectivity index (χ3n) is 12.0. The molecular weight excluding hydrogens is 783 g/mol. The Balaban J connectivity index is 1.16. The van der Waals surface area contributed by atoms with Gasteiger partial charge in [0.15, 0.2) is 5.58 Å². The zero-order valence-electron chi connectivity index (χ0n) is 34.6. The third kappa shape index (κ3) is 6.80. The smallest absolute Gasteiger partial charge is 0.160 e. The van der Waals surface area contributed by atoms with E-state index in [4.69, 9.17) is 4.42 Å². The molecule has 0 saturated heterocycles. The molecule has 1 aromatic heterocycles. The van der Waals surface area contributed by atoms with Crippen LogP contribution in [-0.4, -0.2) is 0 Å². The molecule has 0 amide bonds. The Kier molecular flexibility index (Phi) is 10.0. The van der Waals surface area contributed by atoms with Crippen LogP contribution in [0.4, 0.5) is 17.1 Å². The van der Waals surface area contributed by atoms with Gasteiger partial charge < -0.3 is 9.32 Å². The Bertz CT molecular complexity index is 3180. The fourth-order valence-corrected chi connectivity index (χ4v) is 13.0. The largest absolute Gasteiger partial charge is 0.453 e. The van der Waals surface area contributed by atoms with Crippen molar-refractivity contribution >= 4 is 49.0 Å². The number of hydrogen-bond donors (Lipinski definition) is 0. The number of furan rings is 1. The average Bonchev–Trinajstić information content (AvgIpc) is 3.77. The number of anilines is 3. The maximum atomic E-state index is 7.26. The SMILES string of the molecule is c1ccc(-c2ccc(N(c3ccc(S(c4ccccc4)(c4ccccc4)c4ccccc4)cc3)c3ccc(-c4ccccc4)c4c3oc3c(-c5ccccc5)cccc34)cc2)cc1. The van der Waals surface area contributed by atoms with Gasteiger partial charge in [0.2, 0.25) is 0 Å². The number of para-hydroxylation sites is 1. The topological polar surface area (TPSA) is 16.4 Å². The first-order chi connectivity index (χ1) is 31.3. The molecule has 0 bridgehead atoms. The molecule has 0 fully saturated rings. The molecule has 0 aliphatic heterocycles. The Hall–Kier alpha value is -7.85. The van der Waals surface area contributed by atoms with Crippen LogP contribution in [0.15, 0.2) is 285 Å². The lowest BCUT2D eigenvalue weighted by atomic mass is 9.96. The highest BCUT2D eigenvalue weighted by atomic mass is 32.3. The van der Waals surface area contributed by atoms with Gasteiger partial charge in [-0.05, 0) is 107 Å². The van der Waals surface area contributed by atoms with Crippen LogP contribution in [0.1, 0.15) is 0 Å². The number of hydrogen-bond acceptors (Lipinski definition) is 2. The van der Waals surface area contributed by atoms with Crippen LogP contribution < -0.4 is 4.90 Å². The molecule has 11 aromatic rings. The van der Waals surface area contributed by atoms with Crippen molar-refractivity contribution < 1.29 is 4.42 Å². The third-order valence-corrected chi connectivity index (χ3v) is 15.9. The van der Waals surface area contributed by atoms with Crippen LogP contribution in [0.5, 0.6) is 0 Å². The van der Waals surface area contributed by atoms with Gasteiger partial charge in [-0.25, -0.2) is 0 Å². The van der Waals surface area contributed by atoms with E-state index >= 15 is 0 Å². The van der Waals surface area contributed by atoms with E-state index in [1.54, 1.807) is 0 Å². The van der Waals surface area contributed by atoms with Crippen LogP contribution in [0, 0.1) is 0 Å². The van der Waals surface area contributed by atoms with E-state index < -0.39 is 10.0 Å². The van der Waals surface area contributed by atoms with E-state index in [0.717, 1.165) is 66.8 Å². The second-order valence-electron chi connectivity index (χ2n) is 15.6. The molecule has 0 saturated carbocycles. The van der Waals surface area contributed by atoms with Gasteiger partial charge in [-0.2, -0.15) is 0 Å². The summed E-state index contributed by atoms with van der Waals surface area (Å²) in [6.45, 7) is 0. The molecule has 2 nitrogen and oxygen atoms in total. The zero-order valence-corrected chi connectivity index (χ0v) is 35.4. The summed E-state index contributed by atoms with van der Waals surface area (Å²) in [6.07, 6.45) is 0. The normalized spacial score (nSPS) is 11.7. The monoisotopic (exact) mass is 825 g/mol. The van der Waals surface area contributed by atoms with Gasteiger partial charge in [-0.1, -0.05) is 182 Å². The predicted molar refractivity (Wildman–Crippen MR) is 265 cm³/mol. The van der Waals surface area contributed by atoms with Crippen molar-refractivity contribution in [1.82, 2.24) is 0 Å². The lowest BCUT2D eigenvalue weighted by Crippen LogP contribution is -2.11. The molecule has 0 aliphatic carbocycles. The second-order valence-corrected chi connectivity index (χ2v) is 18.8. The van der Waals surface area contributed by atoms with Crippen molar-refractivity contribution in [1.29, 1.82) is 0 Å². The van der Waals surface area contributed by atoms with Crippen molar-refractivity contribution in [2.75, 3.05) is 4.90 Å². The molecule has 0 N–H and O–H groups in total. The molecular formula is C60H43NOS. The Morgan fingerprint density at radius 1 is 0.286 bits per heavy atom. The summed E-state index contributed by atoms with van der Waals surface area (Å²) in [5.41, 5.74) is 11.6. The van der Waals surface area contributed by atoms with Crippen molar-refractivity contribution in [2.24, 2.45) is 0 Å². The number of fused-ring (bicyclic) bond motifs is 3. The highest BCUT2D eigenvalue weighted by molar-refractivity contribution is 8.34. The summed E-state index contributed by atoms with van der Waals surface area (Å²) in [6, 6.07) is 94.1. The summed E-state index contributed by atoms with van der Waals surface area (Å²) in [5.74, 6) is 0. The van der Waals surface area contributed by atoms with Gasteiger partial charge >= 0.3 is 0 Å². The van der Waals surface area contributed by atoms with Gasteiger partial charge in [0.1, 0.15) is 5.58 Å². The van der Waals surface area contributed by atoms with E-state index in [-0.39, 0.29) is 0 Å². The summed E-state index contributed by atoms with van der Waals surface area (Å²) in [4.78, 5) is 7.50. The molecule has 11 rings (SSSR count). The lowest BCUT2D eigenvalue weighted by Gasteiger charge is -2.42. The van der Waals surface area contributed by atoms with Crippen molar-refractivity contribution in [3.8, 4) is 33.4 Å². The molecule has 63 heavy (non-hydrogen) atoms. The minimum absolute atomic E-state index is 0.837. The zero-order chi connectivity index (χ0) is 42.0. The highest BCUT2D eigenvalue weighted by Crippen LogP contribution is 2.73. The molecule has 1 heterocycles. The summed E-state index contributed by atoms with van der Waals surface area (Å²) < 4.78 is 7.26. The van der Waals surface area contributed by atoms with Gasteiger partial charge in [-0.3, -0.25) is 0 Å². The van der Waals surface area contributed by atoms with E-state index in [0.29, 0.717) is 0 Å². The van der Waals surface area contributed by atoms with Crippen LogP contribution >= 0.6 is 10.0 Å². The molecule has 3 heteroatoms. The number of nitrogens with zero attached hydrogens (tertiary/aromatic N) is 1. The fourth-order valence-electron chi connectivity index (χ4n) is 9.12. The van der Waals surface area contributed by atoms with Crippen molar-refractivity contribution in [3.05, 3.63) is 261 Å². The minimum Gasteiger partial charge on any atom is -0.453 e. The molecule has 300 valence electrons. The summed E-state index contributed by atoms with van der Waals surface area (Å²) >= 11 is 0. The van der Waals surface area contributed by atoms with Gasteiger partial charge in [0.05, 0.1) is 5.69 Å². The van der Waals surface area contributed by atoms with Crippen molar-refractivity contribution in [2.45, 2.75) is 19.6 Å². The van der Waals surface area contributed by atoms with Crippen LogP contribution in [0.3, 0.4) is 0 Å². The second kappa shape index (κ2) is 16.5. The Morgan fingerprint density at radius 2 is 0.698 bits per heavy atom. The minimum atomic E-state index is -1.88. The van der Waals surface area contributed by atoms with E-state index in [1.807, 2.05) is 0 Å². The lowest BCUT2D eigenvalue weighted by molar-refractivity contribution is 0.670. The van der Waals surface area contributed by atoms with E-state index in [1.165, 1.54) is 25.1 Å². The molecule has 0 unspecified atom stereocenters. The van der Waals surface area contributed by atoms with Crippen LogP contribution in [0.2, 0.25) is 0 Å². The van der Waals surface area contributed by atoms with Gasteiger partial charge in [0, 0.05) is 47.3 Å². The standard InChI is InChI=1S/C60H43NOS/c1-7-20-44(21-8-1)45-34-36-48(37-35-45)61(49-38-40-53(41-39-49)63(50-26-13-4-14-27-50,51-28-15-5-16-29-51)52-30-17-6-18-31-52)57-43-42-54(46-22-9-2-10-23-46)58-56-33-19-32-55(59(56)62-60(57)58)47-24-11-3-12-25-47/h1-43H. The quantitative estimate of drug-likeness (QED) is 0.137. The number of benzene rings is 10. The molecule has 0 aliphatic rings. The Morgan fingerprint density at radius 3 is 1.21 bits per heavy atom. The summed E-state index contributed by atoms with van der Waals surface area (Å²) in [7, 11) is -1.88. The van der Waals surface area contributed by atoms with E-state index in [9.17, 15) is 0 Å². The van der Waals surface area contributed by atoms with Crippen LogP contribution in [0.25, 0.3) is 55.3 Å². The molecule has 0 spiro atoms. The van der Waals surface area contributed by atoms with Gasteiger partial charge in [0.25, 0.3) is 0 Å². The molecule has 0 atom stereocenters. The first kappa shape index (κ1) is 38.1. The van der Waals surface area contributed by atoms with Crippen molar-refractivity contribution in [3.63, 3.8) is 0 Å². The Labute approximate surface area is 370 Å². The number of rotatable bonds is 10.